The van der Waals surface area contributed by atoms with Crippen LogP contribution in [0.15, 0.2) is 66.9 Å². The SMILES string of the molecule is CC(=O)c1nc(C(O[SiH](c2ccccc2)c2ccccc2)C(C)(C)C)cn1S(=O)(=O)N(C)C. The number of aromatic nitrogens is 2. The number of nitrogens with zero attached hydrogens (tertiary/aromatic N) is 3. The molecule has 0 saturated heterocycles. The molecule has 176 valence electrons. The number of benzene rings is 2. The van der Waals surface area contributed by atoms with Crippen molar-refractivity contribution >= 4 is 35.4 Å². The van der Waals surface area contributed by atoms with Crippen molar-refractivity contribution in [1.29, 1.82) is 0 Å². The molecule has 0 amide bonds. The molecule has 0 fully saturated rings. The van der Waals surface area contributed by atoms with Crippen LogP contribution in [-0.2, 0) is 14.6 Å². The van der Waals surface area contributed by atoms with E-state index in [-0.39, 0.29) is 5.82 Å². The zero-order valence-electron chi connectivity index (χ0n) is 19.9. The average molecular weight is 486 g/mol. The van der Waals surface area contributed by atoms with Crippen LogP contribution in [0.3, 0.4) is 0 Å². The summed E-state index contributed by atoms with van der Waals surface area (Å²) in [5.74, 6) is -0.562. The first-order chi connectivity index (χ1) is 15.4. The topological polar surface area (TPSA) is 81.5 Å². The minimum atomic E-state index is -3.92. The highest BCUT2D eigenvalue weighted by Gasteiger charge is 2.36. The zero-order chi connectivity index (χ0) is 24.4. The lowest BCUT2D eigenvalue weighted by atomic mass is 9.87. The molecule has 33 heavy (non-hydrogen) atoms. The summed E-state index contributed by atoms with van der Waals surface area (Å²) >= 11 is 0. The van der Waals surface area contributed by atoms with Gasteiger partial charge in [-0.3, -0.25) is 4.79 Å². The molecule has 0 saturated carbocycles. The Kier molecular flexibility index (Phi) is 7.38. The van der Waals surface area contributed by atoms with E-state index < -0.39 is 36.6 Å². The highest BCUT2D eigenvalue weighted by atomic mass is 32.2. The highest BCUT2D eigenvalue weighted by Crippen LogP contribution is 2.36. The van der Waals surface area contributed by atoms with Gasteiger partial charge >= 0.3 is 10.2 Å². The fourth-order valence-electron chi connectivity index (χ4n) is 3.55. The van der Waals surface area contributed by atoms with Gasteiger partial charge in [-0.2, -0.15) is 12.7 Å². The Labute approximate surface area is 198 Å². The lowest BCUT2D eigenvalue weighted by molar-refractivity contribution is 0.0857. The number of Topliss-reactive ketones (excluding diaryl/α,β-unsaturated/α-hetero) is 1. The fourth-order valence-corrected chi connectivity index (χ4v) is 7.20. The number of carbonyl (C=O) groups is 1. The van der Waals surface area contributed by atoms with Gasteiger partial charge < -0.3 is 4.43 Å². The average Bonchev–Trinajstić information content (AvgIpc) is 3.21. The van der Waals surface area contributed by atoms with Crippen molar-refractivity contribution in [2.75, 3.05) is 14.1 Å². The summed E-state index contributed by atoms with van der Waals surface area (Å²) in [6.07, 6.45) is 0.884. The maximum absolute atomic E-state index is 12.9. The summed E-state index contributed by atoms with van der Waals surface area (Å²) in [6.45, 7) is 7.37. The van der Waals surface area contributed by atoms with Crippen LogP contribution in [0.25, 0.3) is 0 Å². The summed E-state index contributed by atoms with van der Waals surface area (Å²) in [5, 5.41) is 2.20. The van der Waals surface area contributed by atoms with Crippen LogP contribution in [0.1, 0.15) is 50.1 Å². The third-order valence-electron chi connectivity index (χ3n) is 5.25. The molecule has 0 aliphatic heterocycles. The van der Waals surface area contributed by atoms with E-state index in [0.29, 0.717) is 5.69 Å². The highest BCUT2D eigenvalue weighted by molar-refractivity contribution is 7.87. The standard InChI is InChI=1S/C24H31N3O4SSi/c1-18(28)23-25-21(17-27(23)32(29,30)26(5)6)22(24(2,3)4)31-33(19-13-9-7-10-14-19)20-15-11-8-12-16-20/h7-17,22,33H,1-6H3. The van der Waals surface area contributed by atoms with E-state index in [9.17, 15) is 13.2 Å². The lowest BCUT2D eigenvalue weighted by Gasteiger charge is -2.33. The van der Waals surface area contributed by atoms with E-state index in [1.54, 1.807) is 0 Å². The van der Waals surface area contributed by atoms with E-state index in [1.807, 2.05) is 57.2 Å². The van der Waals surface area contributed by atoms with Gasteiger partial charge in [0.1, 0.15) is 0 Å². The first kappa shape index (κ1) is 25.0. The molecule has 1 atom stereocenters. The van der Waals surface area contributed by atoms with E-state index in [0.717, 1.165) is 18.7 Å². The normalized spacial score (nSPS) is 13.5. The third-order valence-corrected chi connectivity index (χ3v) is 9.47. The summed E-state index contributed by atoms with van der Waals surface area (Å²) < 4.78 is 34.6. The Morgan fingerprint density at radius 1 is 1.00 bits per heavy atom. The molecule has 3 rings (SSSR count). The molecular weight excluding hydrogens is 454 g/mol. The van der Waals surface area contributed by atoms with Gasteiger partial charge in [0.25, 0.3) is 0 Å². The number of hydrogen-bond acceptors (Lipinski definition) is 5. The number of carbonyl (C=O) groups excluding carboxylic acids is 1. The summed E-state index contributed by atoms with van der Waals surface area (Å²) in [7, 11) is -3.24. The Bertz CT molecular complexity index is 1160. The quantitative estimate of drug-likeness (QED) is 0.361. The molecule has 0 N–H and O–H groups in total. The minimum absolute atomic E-state index is 0.130. The van der Waals surface area contributed by atoms with E-state index in [4.69, 9.17) is 4.43 Å². The van der Waals surface area contributed by atoms with Crippen molar-refractivity contribution in [3.63, 3.8) is 0 Å². The van der Waals surface area contributed by atoms with Gasteiger partial charge in [0.05, 0.1) is 11.8 Å². The summed E-state index contributed by atoms with van der Waals surface area (Å²) in [4.78, 5) is 16.8. The van der Waals surface area contributed by atoms with Crippen LogP contribution in [-0.4, -0.2) is 50.6 Å². The Morgan fingerprint density at radius 2 is 1.48 bits per heavy atom. The zero-order valence-corrected chi connectivity index (χ0v) is 21.9. The molecule has 0 spiro atoms. The van der Waals surface area contributed by atoms with Gasteiger partial charge in [0.15, 0.2) is 11.6 Å². The molecule has 1 heterocycles. The molecule has 0 bridgehead atoms. The molecule has 0 aliphatic carbocycles. The first-order valence-corrected chi connectivity index (χ1v) is 13.7. The van der Waals surface area contributed by atoms with Gasteiger partial charge in [-0.15, -0.1) is 0 Å². The van der Waals surface area contributed by atoms with E-state index in [2.05, 4.69) is 29.2 Å². The third kappa shape index (κ3) is 5.49. The van der Waals surface area contributed by atoms with Crippen molar-refractivity contribution in [2.24, 2.45) is 5.41 Å². The van der Waals surface area contributed by atoms with Gasteiger partial charge in [-0.25, -0.2) is 8.96 Å². The number of rotatable bonds is 8. The maximum Gasteiger partial charge on any atom is 0.308 e. The van der Waals surface area contributed by atoms with Crippen LogP contribution in [0.5, 0.6) is 0 Å². The molecule has 0 aliphatic rings. The van der Waals surface area contributed by atoms with Gasteiger partial charge in [0, 0.05) is 27.2 Å². The summed E-state index contributed by atoms with van der Waals surface area (Å²) in [5.41, 5.74) is 0.00620. The number of ketones is 1. The predicted octanol–water partition coefficient (Wildman–Crippen LogP) is 2.38. The fraction of sp³-hybridized carbons (Fsp3) is 0.333. The van der Waals surface area contributed by atoms with E-state index in [1.165, 1.54) is 27.2 Å². The van der Waals surface area contributed by atoms with Crippen molar-refractivity contribution < 1.29 is 17.6 Å². The summed E-state index contributed by atoms with van der Waals surface area (Å²) in [6, 6.07) is 20.1. The smallest absolute Gasteiger partial charge is 0.308 e. The van der Waals surface area contributed by atoms with Gasteiger partial charge in [-0.05, 0) is 15.8 Å². The first-order valence-electron chi connectivity index (χ1n) is 10.7. The second kappa shape index (κ2) is 9.72. The Balaban J connectivity index is 2.14. The van der Waals surface area contributed by atoms with Crippen LogP contribution in [0.2, 0.25) is 0 Å². The largest absolute Gasteiger partial charge is 0.402 e. The maximum atomic E-state index is 12.9. The lowest BCUT2D eigenvalue weighted by Crippen LogP contribution is -2.47. The molecule has 7 nitrogen and oxygen atoms in total. The minimum Gasteiger partial charge on any atom is -0.402 e. The second-order valence-corrected chi connectivity index (χ2v) is 13.6. The number of hydrogen-bond donors (Lipinski definition) is 0. The van der Waals surface area contributed by atoms with Crippen molar-refractivity contribution in [2.45, 2.75) is 33.8 Å². The molecular formula is C24H31N3O4SSi. The Hall–Kier alpha value is -2.59. The monoisotopic (exact) mass is 485 g/mol. The molecule has 1 aromatic heterocycles. The van der Waals surface area contributed by atoms with Gasteiger partial charge in [0.2, 0.25) is 9.04 Å². The van der Waals surface area contributed by atoms with Crippen molar-refractivity contribution in [3.05, 3.63) is 78.4 Å². The Morgan fingerprint density at radius 3 is 1.88 bits per heavy atom. The van der Waals surface area contributed by atoms with Crippen molar-refractivity contribution in [1.82, 2.24) is 13.3 Å². The predicted molar refractivity (Wildman–Crippen MR) is 133 cm³/mol. The van der Waals surface area contributed by atoms with Crippen LogP contribution in [0, 0.1) is 5.41 Å². The molecule has 0 radical (unpaired) electrons. The molecule has 9 heteroatoms. The van der Waals surface area contributed by atoms with Crippen LogP contribution in [0.4, 0.5) is 0 Å². The molecule has 1 unspecified atom stereocenters. The molecule has 3 aromatic rings. The molecule has 2 aromatic carbocycles. The van der Waals surface area contributed by atoms with Gasteiger partial charge in [-0.1, -0.05) is 81.4 Å². The number of imidazole rings is 1. The van der Waals surface area contributed by atoms with E-state index >= 15 is 0 Å². The van der Waals surface area contributed by atoms with Crippen molar-refractivity contribution in [3.8, 4) is 0 Å². The second-order valence-electron chi connectivity index (χ2n) is 9.22. The van der Waals surface area contributed by atoms with Crippen LogP contribution < -0.4 is 10.4 Å². The van der Waals surface area contributed by atoms with Crippen LogP contribution >= 0.6 is 0 Å².